The normalized spacial score (nSPS) is 11.5. The van der Waals surface area contributed by atoms with Crippen LogP contribution in [-0.2, 0) is 11.3 Å². The van der Waals surface area contributed by atoms with Crippen LogP contribution in [0.1, 0.15) is 26.3 Å². The molecule has 0 saturated heterocycles. The third-order valence-corrected chi connectivity index (χ3v) is 2.26. The van der Waals surface area contributed by atoms with Crippen molar-refractivity contribution in [1.82, 2.24) is 10.3 Å². The molecule has 1 aromatic heterocycles. The predicted octanol–water partition coefficient (Wildman–Crippen LogP) is 2.03. The van der Waals surface area contributed by atoms with Gasteiger partial charge in [0.1, 0.15) is 5.82 Å². The summed E-state index contributed by atoms with van der Waals surface area (Å²) in [4.78, 5) is 4.26. The van der Waals surface area contributed by atoms with Gasteiger partial charge in [-0.05, 0) is 38.5 Å². The lowest BCUT2D eigenvalue weighted by atomic mass is 10.1. The van der Waals surface area contributed by atoms with Crippen molar-refractivity contribution in [2.75, 3.05) is 25.6 Å². The van der Waals surface area contributed by atoms with E-state index in [1.54, 1.807) is 7.11 Å². The maximum atomic E-state index is 4.98. The Morgan fingerprint density at radius 1 is 1.35 bits per heavy atom. The second-order valence-corrected chi connectivity index (χ2v) is 5.07. The summed E-state index contributed by atoms with van der Waals surface area (Å²) < 4.78 is 4.98. The van der Waals surface area contributed by atoms with Gasteiger partial charge < -0.3 is 15.4 Å². The van der Waals surface area contributed by atoms with Crippen molar-refractivity contribution in [2.45, 2.75) is 32.9 Å². The predicted molar refractivity (Wildman–Crippen MR) is 71.2 cm³/mol. The average Bonchev–Trinajstić information content (AvgIpc) is 2.27. The van der Waals surface area contributed by atoms with Crippen LogP contribution in [0.5, 0.6) is 0 Å². The Bertz CT molecular complexity index is 334. The summed E-state index contributed by atoms with van der Waals surface area (Å²) in [6.07, 6.45) is 1.83. The van der Waals surface area contributed by atoms with Gasteiger partial charge in [0.05, 0.1) is 6.61 Å². The molecule has 4 heteroatoms. The molecule has 0 saturated carbocycles. The number of aromatic nitrogens is 1. The second kappa shape index (κ2) is 6.57. The van der Waals surface area contributed by atoms with Gasteiger partial charge in [0.25, 0.3) is 0 Å². The minimum absolute atomic E-state index is 0.132. The maximum Gasteiger partial charge on any atom is 0.126 e. The molecule has 0 aliphatic carbocycles. The second-order valence-electron chi connectivity index (χ2n) is 5.07. The molecular formula is C13H23N3O. The van der Waals surface area contributed by atoms with Gasteiger partial charge in [-0.1, -0.05) is 0 Å². The van der Waals surface area contributed by atoms with E-state index in [1.165, 1.54) is 5.56 Å². The fourth-order valence-electron chi connectivity index (χ4n) is 1.33. The first-order valence-corrected chi connectivity index (χ1v) is 5.94. The molecule has 0 aliphatic heterocycles. The first-order valence-electron chi connectivity index (χ1n) is 5.94. The van der Waals surface area contributed by atoms with Gasteiger partial charge >= 0.3 is 0 Å². The highest BCUT2D eigenvalue weighted by Crippen LogP contribution is 2.08. The topological polar surface area (TPSA) is 46.2 Å². The Hall–Kier alpha value is -1.13. The number of hydrogen-bond donors (Lipinski definition) is 2. The number of nitrogens with one attached hydrogen (secondary N) is 2. The SMILES string of the molecule is COCCNc1cc(CNC(C)(C)C)ccn1. The van der Waals surface area contributed by atoms with E-state index < -0.39 is 0 Å². The number of methoxy groups -OCH3 is 1. The molecule has 2 N–H and O–H groups in total. The van der Waals surface area contributed by atoms with E-state index >= 15 is 0 Å². The monoisotopic (exact) mass is 237 g/mol. The average molecular weight is 237 g/mol. The van der Waals surface area contributed by atoms with Crippen LogP contribution in [0.15, 0.2) is 18.3 Å². The lowest BCUT2D eigenvalue weighted by Gasteiger charge is -2.20. The van der Waals surface area contributed by atoms with Crippen molar-refractivity contribution in [3.63, 3.8) is 0 Å². The van der Waals surface area contributed by atoms with E-state index in [2.05, 4.69) is 42.5 Å². The zero-order chi connectivity index (χ0) is 12.7. The summed E-state index contributed by atoms with van der Waals surface area (Å²) in [5.74, 6) is 0.898. The number of ether oxygens (including phenoxy) is 1. The quantitative estimate of drug-likeness (QED) is 0.743. The molecule has 0 aliphatic rings. The van der Waals surface area contributed by atoms with Gasteiger partial charge in [-0.2, -0.15) is 0 Å². The van der Waals surface area contributed by atoms with Crippen LogP contribution < -0.4 is 10.6 Å². The highest BCUT2D eigenvalue weighted by Gasteiger charge is 2.08. The third kappa shape index (κ3) is 6.24. The van der Waals surface area contributed by atoms with Gasteiger partial charge in [-0.15, -0.1) is 0 Å². The Morgan fingerprint density at radius 2 is 2.12 bits per heavy atom. The van der Waals surface area contributed by atoms with Crippen molar-refractivity contribution in [2.24, 2.45) is 0 Å². The zero-order valence-electron chi connectivity index (χ0n) is 11.2. The maximum absolute atomic E-state index is 4.98. The Kier molecular flexibility index (Phi) is 5.38. The summed E-state index contributed by atoms with van der Waals surface area (Å²) in [5.41, 5.74) is 1.36. The summed E-state index contributed by atoms with van der Waals surface area (Å²) in [7, 11) is 1.69. The summed E-state index contributed by atoms with van der Waals surface area (Å²) in [6.45, 7) is 8.79. The van der Waals surface area contributed by atoms with E-state index in [1.807, 2.05) is 12.3 Å². The van der Waals surface area contributed by atoms with Gasteiger partial charge in [0.15, 0.2) is 0 Å². The Labute approximate surface area is 104 Å². The van der Waals surface area contributed by atoms with Gasteiger partial charge in [0.2, 0.25) is 0 Å². The van der Waals surface area contributed by atoms with Crippen LogP contribution >= 0.6 is 0 Å². The molecule has 0 bridgehead atoms. The van der Waals surface area contributed by atoms with Gasteiger partial charge in [-0.25, -0.2) is 4.98 Å². The molecule has 96 valence electrons. The van der Waals surface area contributed by atoms with E-state index in [-0.39, 0.29) is 5.54 Å². The molecule has 1 aromatic rings. The van der Waals surface area contributed by atoms with Crippen LogP contribution in [0, 0.1) is 0 Å². The molecule has 0 spiro atoms. The number of nitrogens with zero attached hydrogens (tertiary/aromatic N) is 1. The van der Waals surface area contributed by atoms with Crippen LogP contribution in [0.4, 0.5) is 5.82 Å². The van der Waals surface area contributed by atoms with Crippen LogP contribution in [-0.4, -0.2) is 30.8 Å². The van der Waals surface area contributed by atoms with Crippen molar-refractivity contribution in [3.8, 4) is 0 Å². The molecule has 17 heavy (non-hydrogen) atoms. The van der Waals surface area contributed by atoms with Crippen LogP contribution in [0.3, 0.4) is 0 Å². The Morgan fingerprint density at radius 3 is 2.76 bits per heavy atom. The number of hydrogen-bond acceptors (Lipinski definition) is 4. The molecule has 4 nitrogen and oxygen atoms in total. The van der Waals surface area contributed by atoms with Crippen molar-refractivity contribution < 1.29 is 4.74 Å². The minimum Gasteiger partial charge on any atom is -0.383 e. The van der Waals surface area contributed by atoms with Crippen LogP contribution in [0.25, 0.3) is 0 Å². The number of rotatable bonds is 6. The molecule has 0 radical (unpaired) electrons. The zero-order valence-corrected chi connectivity index (χ0v) is 11.2. The van der Waals surface area contributed by atoms with Gasteiger partial charge in [0, 0.05) is 31.9 Å². The molecular weight excluding hydrogens is 214 g/mol. The smallest absolute Gasteiger partial charge is 0.126 e. The molecule has 0 unspecified atom stereocenters. The molecule has 1 heterocycles. The lowest BCUT2D eigenvalue weighted by Crippen LogP contribution is -2.35. The van der Waals surface area contributed by atoms with Crippen molar-refractivity contribution in [3.05, 3.63) is 23.9 Å². The molecule has 0 fully saturated rings. The highest BCUT2D eigenvalue weighted by atomic mass is 16.5. The van der Waals surface area contributed by atoms with Crippen molar-refractivity contribution in [1.29, 1.82) is 0 Å². The minimum atomic E-state index is 0.132. The van der Waals surface area contributed by atoms with E-state index in [9.17, 15) is 0 Å². The van der Waals surface area contributed by atoms with E-state index in [0.29, 0.717) is 6.61 Å². The van der Waals surface area contributed by atoms with E-state index in [4.69, 9.17) is 4.74 Å². The fourth-order valence-corrected chi connectivity index (χ4v) is 1.33. The summed E-state index contributed by atoms with van der Waals surface area (Å²) >= 11 is 0. The number of pyridine rings is 1. The van der Waals surface area contributed by atoms with Gasteiger partial charge in [-0.3, -0.25) is 0 Å². The van der Waals surface area contributed by atoms with Crippen molar-refractivity contribution >= 4 is 5.82 Å². The van der Waals surface area contributed by atoms with E-state index in [0.717, 1.165) is 18.9 Å². The lowest BCUT2D eigenvalue weighted by molar-refractivity contribution is 0.210. The van der Waals surface area contributed by atoms with Crippen LogP contribution in [0.2, 0.25) is 0 Å². The Balaban J connectivity index is 2.48. The summed E-state index contributed by atoms with van der Waals surface area (Å²) in [6, 6.07) is 4.09. The fraction of sp³-hybridized carbons (Fsp3) is 0.615. The molecule has 0 atom stereocenters. The molecule has 1 rings (SSSR count). The first kappa shape index (κ1) is 13.9. The standard InChI is InChI=1S/C13H23N3O/c1-13(2,3)16-10-11-5-6-14-12(9-11)15-7-8-17-4/h5-6,9,16H,7-8,10H2,1-4H3,(H,14,15). The number of anilines is 1. The third-order valence-electron chi connectivity index (χ3n) is 2.26. The molecule has 0 aromatic carbocycles. The largest absolute Gasteiger partial charge is 0.383 e. The first-order chi connectivity index (χ1) is 8.01. The summed E-state index contributed by atoms with van der Waals surface area (Å²) in [5, 5.41) is 6.67. The molecule has 0 amide bonds. The highest BCUT2D eigenvalue weighted by molar-refractivity contribution is 5.37.